The summed E-state index contributed by atoms with van der Waals surface area (Å²) in [6.45, 7) is 0. The first-order valence-electron chi connectivity index (χ1n) is 0. The quantitative estimate of drug-likeness (QED) is 0.294. The molecule has 0 aliphatic heterocycles. The van der Waals surface area contributed by atoms with Crippen LogP contribution in [0, 0.1) is 77.2 Å². The van der Waals surface area contributed by atoms with Crippen LogP contribution >= 0.6 is 0 Å². The predicted molar refractivity (Wildman–Crippen MR) is 4.81 cm³/mol. The molecule has 0 heterocycles. The Bertz CT molecular complexity index is 14.4. The van der Waals surface area contributed by atoms with Gasteiger partial charge in [-0.2, -0.15) is 0 Å². The van der Waals surface area contributed by atoms with Gasteiger partial charge in [-0.3, -0.25) is 0 Å². The third kappa shape index (κ3) is 142. The Morgan fingerprint density at radius 1 is 0.273 bits per heavy atom. The maximum absolute atomic E-state index is 0. The molecule has 0 bridgehead atoms. The maximum atomic E-state index is 0. The molecule has 0 unspecified atom stereocenters. The molecular formula is Ir2O7Tb2-8. The number of rotatable bonds is 0. The van der Waals surface area contributed by atoms with E-state index < -0.39 is 0 Å². The van der Waals surface area contributed by atoms with Crippen molar-refractivity contribution in [1.82, 2.24) is 0 Å². The molecule has 0 saturated heterocycles. The van der Waals surface area contributed by atoms with Crippen molar-refractivity contribution in [2.24, 2.45) is 0 Å². The average molecular weight is 814 g/mol. The van der Waals surface area contributed by atoms with Crippen molar-refractivity contribution in [2.75, 3.05) is 0 Å². The summed E-state index contributed by atoms with van der Waals surface area (Å²) in [5.41, 5.74) is 0. The van der Waals surface area contributed by atoms with Crippen molar-refractivity contribution >= 4 is 0 Å². The molecule has 0 aromatic carbocycles. The Balaban J connectivity index is 0. The fourth-order valence-corrected chi connectivity index (χ4v) is 0. The fraction of sp³-hybridized carbons (Fsp3) is 0. The van der Waals surface area contributed by atoms with Crippen LogP contribution in [0.1, 0.15) is 0 Å². The van der Waals surface area contributed by atoms with E-state index in [1.165, 1.54) is 0 Å². The van der Waals surface area contributed by atoms with E-state index in [9.17, 15) is 0 Å². The smallest absolute Gasteiger partial charge is 2.00 e. The summed E-state index contributed by atoms with van der Waals surface area (Å²) in [5.74, 6) is 0. The molecule has 0 amide bonds. The van der Waals surface area contributed by atoms with Crippen LogP contribution in [0.5, 0.6) is 0 Å². The average Bonchev–Trinajstić information content (AvgIpc) is 0. The summed E-state index contributed by atoms with van der Waals surface area (Å²) in [6, 6.07) is 0. The van der Waals surface area contributed by atoms with Crippen LogP contribution in [-0.2, 0) is 78.5 Å². The zero-order valence-electron chi connectivity index (χ0n) is 4.19. The Morgan fingerprint density at radius 3 is 0.273 bits per heavy atom. The van der Waals surface area contributed by atoms with E-state index in [-0.39, 0.29) is 156 Å². The molecule has 7 nitrogen and oxygen atoms in total. The minimum absolute atomic E-state index is 0. The van der Waals surface area contributed by atoms with E-state index in [1.807, 2.05) is 0 Å². The SMILES string of the molecule is [Ir].[Ir].[O-2].[O-2].[O-2].[O-2].[O-2].[O-2].[O-2].[Tb+3].[Tb+3]. The topological polar surface area (TPSA) is 200 Å². The summed E-state index contributed by atoms with van der Waals surface area (Å²) < 4.78 is 0. The van der Waals surface area contributed by atoms with Crippen LogP contribution < -0.4 is 0 Å². The van der Waals surface area contributed by atoms with Gasteiger partial charge in [0.2, 0.25) is 0 Å². The third-order valence-corrected chi connectivity index (χ3v) is 0. The van der Waals surface area contributed by atoms with E-state index in [2.05, 4.69) is 0 Å². The van der Waals surface area contributed by atoms with Gasteiger partial charge in [0.05, 0.1) is 0 Å². The van der Waals surface area contributed by atoms with Gasteiger partial charge in [0.1, 0.15) is 0 Å². The summed E-state index contributed by atoms with van der Waals surface area (Å²) >= 11 is 0. The van der Waals surface area contributed by atoms with Crippen molar-refractivity contribution < 1.29 is 156 Å². The van der Waals surface area contributed by atoms with E-state index in [1.54, 1.807) is 0 Å². The molecule has 11 heteroatoms. The first kappa shape index (κ1) is 209. The van der Waals surface area contributed by atoms with Gasteiger partial charge in [-0.25, -0.2) is 0 Å². The van der Waals surface area contributed by atoms with Gasteiger partial charge in [0, 0.05) is 40.2 Å². The van der Waals surface area contributed by atoms with Gasteiger partial charge in [0.15, 0.2) is 0 Å². The van der Waals surface area contributed by atoms with Gasteiger partial charge >= 0.3 is 77.2 Å². The normalized spacial score (nSPS) is 0. The van der Waals surface area contributed by atoms with Crippen LogP contribution in [-0.4, -0.2) is 0 Å². The molecule has 0 aliphatic rings. The first-order valence-corrected chi connectivity index (χ1v) is 0. The molecule has 0 aromatic rings. The molecule has 0 aromatic heterocycles. The van der Waals surface area contributed by atoms with Crippen molar-refractivity contribution in [3.05, 3.63) is 0 Å². The van der Waals surface area contributed by atoms with Gasteiger partial charge in [-0.15, -0.1) is 0 Å². The van der Waals surface area contributed by atoms with Crippen LogP contribution in [0.15, 0.2) is 0 Å². The first-order chi connectivity index (χ1) is 0. The summed E-state index contributed by atoms with van der Waals surface area (Å²) in [4.78, 5) is 0. The minimum atomic E-state index is 0. The maximum Gasteiger partial charge on any atom is 3.00 e. The second-order valence-corrected chi connectivity index (χ2v) is 0. The molecule has 11 heavy (non-hydrogen) atoms. The van der Waals surface area contributed by atoms with E-state index in [0.29, 0.717) is 0 Å². The largest absolute Gasteiger partial charge is 3.00 e. The van der Waals surface area contributed by atoms with Crippen LogP contribution in [0.3, 0.4) is 0 Å². The molecule has 0 atom stereocenters. The molecular weight excluding hydrogens is 814 g/mol. The zero-order chi connectivity index (χ0) is 0. The standard InChI is InChI=1S/2Ir.7O.2Tb/q;;7*-2;2*+3. The van der Waals surface area contributed by atoms with Gasteiger partial charge in [-0.05, 0) is 0 Å². The molecule has 86 valence electrons. The van der Waals surface area contributed by atoms with Crippen LogP contribution in [0.25, 0.3) is 0 Å². The Morgan fingerprint density at radius 2 is 0.273 bits per heavy atom. The van der Waals surface area contributed by atoms with E-state index in [0.717, 1.165) is 0 Å². The fourth-order valence-electron chi connectivity index (χ4n) is 0. The van der Waals surface area contributed by atoms with Gasteiger partial charge < -0.3 is 38.3 Å². The van der Waals surface area contributed by atoms with Crippen LogP contribution in [0.4, 0.5) is 0 Å². The molecule has 0 rings (SSSR count). The summed E-state index contributed by atoms with van der Waals surface area (Å²) in [5, 5.41) is 0. The van der Waals surface area contributed by atoms with E-state index >= 15 is 0 Å². The monoisotopic (exact) mass is 816 g/mol. The molecule has 0 fully saturated rings. The Kier molecular flexibility index (Phi) is 3180. The Labute approximate surface area is 153 Å². The van der Waals surface area contributed by atoms with Crippen molar-refractivity contribution in [3.63, 3.8) is 0 Å². The molecule has 2 radical (unpaired) electrons. The number of hydrogen-bond acceptors (Lipinski definition) is 0. The predicted octanol–water partition coefficient (Wildman–Crippen LogP) is -0.837. The van der Waals surface area contributed by atoms with Gasteiger partial charge in [0.25, 0.3) is 0 Å². The second-order valence-electron chi connectivity index (χ2n) is 0. The summed E-state index contributed by atoms with van der Waals surface area (Å²) in [6.07, 6.45) is 0. The van der Waals surface area contributed by atoms with Gasteiger partial charge in [-0.1, -0.05) is 0 Å². The summed E-state index contributed by atoms with van der Waals surface area (Å²) in [7, 11) is 0. The van der Waals surface area contributed by atoms with Crippen molar-refractivity contribution in [3.8, 4) is 0 Å². The zero-order valence-corrected chi connectivity index (χ0v) is 13.3. The Hall–Kier alpha value is 3.59. The molecule has 0 saturated carbocycles. The minimum Gasteiger partial charge on any atom is -2.00 e. The van der Waals surface area contributed by atoms with Crippen molar-refractivity contribution in [2.45, 2.75) is 0 Å². The molecule has 0 spiro atoms. The molecule has 0 aliphatic carbocycles. The molecule has 0 N–H and O–H groups in total. The van der Waals surface area contributed by atoms with Crippen molar-refractivity contribution in [1.29, 1.82) is 0 Å². The number of hydrogen-bond donors (Lipinski definition) is 0. The third-order valence-electron chi connectivity index (χ3n) is 0. The second kappa shape index (κ2) is 167. The van der Waals surface area contributed by atoms with E-state index in [4.69, 9.17) is 0 Å². The van der Waals surface area contributed by atoms with Crippen LogP contribution in [0.2, 0.25) is 0 Å².